The molecule has 244 valence electrons. The fraction of sp³-hybridized carbons (Fsp3) is 0.559. The molecular formula is C34H41ClN6O5. The predicted octanol–water partition coefficient (Wildman–Crippen LogP) is 5.17. The quantitative estimate of drug-likeness (QED) is 0.329. The molecule has 5 aliphatic rings. The molecule has 11 nitrogen and oxygen atoms in total. The number of fused-ring (bicyclic) bond motifs is 5. The van der Waals surface area contributed by atoms with Crippen molar-refractivity contribution in [1.29, 1.82) is 0 Å². The lowest BCUT2D eigenvalue weighted by Gasteiger charge is -2.41. The maximum atomic E-state index is 12.0. The van der Waals surface area contributed by atoms with Crippen LogP contribution >= 0.6 is 11.6 Å². The average Bonchev–Trinajstić information content (AvgIpc) is 3.72. The first-order valence-corrected chi connectivity index (χ1v) is 16.9. The highest BCUT2D eigenvalue weighted by molar-refractivity contribution is 6.36. The minimum absolute atomic E-state index is 0.0286. The Morgan fingerprint density at radius 3 is 2.57 bits per heavy atom. The Bertz CT molecular complexity index is 1630. The molecule has 8 rings (SSSR count). The van der Waals surface area contributed by atoms with E-state index in [9.17, 15) is 9.90 Å². The molecule has 1 amide bonds. The number of halogens is 1. The topological polar surface area (TPSA) is 104 Å². The van der Waals surface area contributed by atoms with Gasteiger partial charge in [-0.3, -0.25) is 9.80 Å². The third-order valence-corrected chi connectivity index (χ3v) is 11.2. The second-order valence-corrected chi connectivity index (χ2v) is 13.9. The summed E-state index contributed by atoms with van der Waals surface area (Å²) in [5.74, 6) is 1.61. The predicted molar refractivity (Wildman–Crippen MR) is 175 cm³/mol. The van der Waals surface area contributed by atoms with Crippen LogP contribution in [0.15, 0.2) is 30.3 Å². The van der Waals surface area contributed by atoms with Crippen LogP contribution in [-0.2, 0) is 17.7 Å². The normalized spacial score (nSPS) is 23.6. The van der Waals surface area contributed by atoms with Crippen LogP contribution in [0.2, 0.25) is 5.02 Å². The maximum Gasteiger partial charge on any atom is 0.407 e. The van der Waals surface area contributed by atoms with Crippen LogP contribution in [0.3, 0.4) is 0 Å². The second-order valence-electron chi connectivity index (χ2n) is 13.4. The van der Waals surface area contributed by atoms with Crippen molar-refractivity contribution in [1.82, 2.24) is 19.8 Å². The lowest BCUT2D eigenvalue weighted by atomic mass is 9.95. The molecule has 4 saturated heterocycles. The Kier molecular flexibility index (Phi) is 7.73. The third kappa shape index (κ3) is 5.16. The van der Waals surface area contributed by atoms with Crippen molar-refractivity contribution in [3.63, 3.8) is 0 Å². The summed E-state index contributed by atoms with van der Waals surface area (Å²) in [6, 6.07) is 10.3. The van der Waals surface area contributed by atoms with E-state index in [-0.39, 0.29) is 24.4 Å². The number of hydrogen-bond donors (Lipinski definition) is 1. The number of hydrogen-bond acceptors (Lipinski definition) is 9. The Hall–Kier alpha value is -3.54. The van der Waals surface area contributed by atoms with Crippen molar-refractivity contribution in [2.24, 2.45) is 0 Å². The average molecular weight is 649 g/mol. The van der Waals surface area contributed by atoms with Gasteiger partial charge in [0.2, 0.25) is 0 Å². The molecule has 2 aromatic carbocycles. The number of anilines is 2. The summed E-state index contributed by atoms with van der Waals surface area (Å²) < 4.78 is 17.6. The lowest BCUT2D eigenvalue weighted by Crippen LogP contribution is -2.56. The van der Waals surface area contributed by atoms with Gasteiger partial charge >= 0.3 is 12.1 Å². The zero-order valence-corrected chi connectivity index (χ0v) is 27.0. The molecule has 3 aromatic rings. The molecule has 46 heavy (non-hydrogen) atoms. The summed E-state index contributed by atoms with van der Waals surface area (Å²) in [5.41, 5.74) is 3.13. The first kappa shape index (κ1) is 29.8. The summed E-state index contributed by atoms with van der Waals surface area (Å²) in [6.45, 7) is 5.59. The monoisotopic (exact) mass is 648 g/mol. The standard InChI is InChI=1S/C34H41ClN6O5/c1-44-21-46-25-15-22-5-2-6-27(35)30(22)29(16-25)38-14-9-26-28(19-38)36-32(45-20-34-10-3-12-40(34)13-4-11-34)37-31(26)39-17-23-7-8-24(18-39)41(23)33(42)43/h2,5-6,15-16,23-24H,3-4,7-14,17-21H2,1H3,(H,42,43)/t23-,24+. The molecular weight excluding hydrogens is 608 g/mol. The summed E-state index contributed by atoms with van der Waals surface area (Å²) in [4.78, 5) is 31.1. The van der Waals surface area contributed by atoms with Crippen molar-refractivity contribution in [3.05, 3.63) is 46.6 Å². The number of ether oxygens (including phenoxy) is 3. The van der Waals surface area contributed by atoms with Gasteiger partial charge in [0.15, 0.2) is 6.79 Å². The van der Waals surface area contributed by atoms with Crippen LogP contribution in [0.1, 0.15) is 49.8 Å². The molecule has 1 aromatic heterocycles. The number of rotatable bonds is 8. The van der Waals surface area contributed by atoms with Crippen molar-refractivity contribution in [2.45, 2.75) is 69.1 Å². The number of carboxylic acid groups (broad SMARTS) is 1. The van der Waals surface area contributed by atoms with Gasteiger partial charge in [-0.25, -0.2) is 4.79 Å². The van der Waals surface area contributed by atoms with E-state index in [1.54, 1.807) is 12.0 Å². The summed E-state index contributed by atoms with van der Waals surface area (Å²) >= 11 is 6.81. The van der Waals surface area contributed by atoms with E-state index in [0.717, 1.165) is 85.3 Å². The Balaban J connectivity index is 1.15. The van der Waals surface area contributed by atoms with Gasteiger partial charge in [0.25, 0.3) is 0 Å². The zero-order chi connectivity index (χ0) is 31.4. The number of methoxy groups -OCH3 is 1. The van der Waals surface area contributed by atoms with E-state index in [2.05, 4.69) is 14.7 Å². The van der Waals surface area contributed by atoms with Crippen molar-refractivity contribution in [2.75, 3.05) is 63.0 Å². The van der Waals surface area contributed by atoms with E-state index in [4.69, 9.17) is 35.8 Å². The molecule has 6 heterocycles. The maximum absolute atomic E-state index is 12.0. The molecule has 4 fully saturated rings. The number of piperazine rings is 1. The fourth-order valence-electron chi connectivity index (χ4n) is 8.76. The highest BCUT2D eigenvalue weighted by Crippen LogP contribution is 2.42. The van der Waals surface area contributed by atoms with E-state index < -0.39 is 6.09 Å². The van der Waals surface area contributed by atoms with Gasteiger partial charge in [0, 0.05) is 43.8 Å². The van der Waals surface area contributed by atoms with Crippen LogP contribution in [0.25, 0.3) is 10.8 Å². The minimum atomic E-state index is -0.823. The Morgan fingerprint density at radius 1 is 1.04 bits per heavy atom. The highest BCUT2D eigenvalue weighted by Gasteiger charge is 2.46. The fourth-order valence-corrected chi connectivity index (χ4v) is 9.04. The molecule has 2 atom stereocenters. The van der Waals surface area contributed by atoms with Gasteiger partial charge in [0.1, 0.15) is 18.2 Å². The lowest BCUT2D eigenvalue weighted by molar-refractivity contribution is 0.0512. The molecule has 0 radical (unpaired) electrons. The number of aromatic nitrogens is 2. The van der Waals surface area contributed by atoms with Crippen LogP contribution in [0, 0.1) is 0 Å². The minimum Gasteiger partial charge on any atom is -0.467 e. The van der Waals surface area contributed by atoms with Crippen molar-refractivity contribution >= 4 is 40.0 Å². The number of carbonyl (C=O) groups is 1. The summed E-state index contributed by atoms with van der Waals surface area (Å²) in [7, 11) is 1.61. The largest absolute Gasteiger partial charge is 0.467 e. The van der Waals surface area contributed by atoms with Crippen LogP contribution in [0.5, 0.6) is 11.8 Å². The van der Waals surface area contributed by atoms with Crippen LogP contribution in [-0.4, -0.2) is 102 Å². The molecule has 0 unspecified atom stereocenters. The highest BCUT2D eigenvalue weighted by atomic mass is 35.5. The third-order valence-electron chi connectivity index (χ3n) is 10.9. The first-order valence-electron chi connectivity index (χ1n) is 16.6. The summed E-state index contributed by atoms with van der Waals surface area (Å²) in [5, 5.41) is 12.6. The van der Waals surface area contributed by atoms with E-state index in [0.29, 0.717) is 43.0 Å². The van der Waals surface area contributed by atoms with Crippen LogP contribution in [0.4, 0.5) is 16.3 Å². The van der Waals surface area contributed by atoms with Gasteiger partial charge in [-0.05, 0) is 75.6 Å². The molecule has 0 aliphatic carbocycles. The molecule has 0 spiro atoms. The first-order chi connectivity index (χ1) is 22.4. The molecule has 2 bridgehead atoms. The smallest absolute Gasteiger partial charge is 0.407 e. The SMILES string of the molecule is COCOc1cc(N2CCc3c(nc(OCC45CCCN4CCC5)nc3N3C[C@H]4CC[C@@H](C3)N4C(=O)O)C2)c2c(Cl)cccc2c1. The Morgan fingerprint density at radius 2 is 1.83 bits per heavy atom. The van der Waals surface area contributed by atoms with Crippen molar-refractivity contribution < 1.29 is 24.1 Å². The van der Waals surface area contributed by atoms with E-state index >= 15 is 0 Å². The van der Waals surface area contributed by atoms with Gasteiger partial charge in [0.05, 0.1) is 40.6 Å². The molecule has 12 heteroatoms. The molecule has 1 N–H and O–H groups in total. The molecule has 0 saturated carbocycles. The van der Waals surface area contributed by atoms with Gasteiger partial charge in [-0.1, -0.05) is 23.7 Å². The number of nitrogens with zero attached hydrogens (tertiary/aromatic N) is 6. The Labute approximate surface area is 274 Å². The molecule has 5 aliphatic heterocycles. The van der Waals surface area contributed by atoms with E-state index in [1.165, 1.54) is 12.8 Å². The van der Waals surface area contributed by atoms with Gasteiger partial charge in [-0.15, -0.1) is 0 Å². The second kappa shape index (κ2) is 11.9. The van der Waals surface area contributed by atoms with E-state index in [1.807, 2.05) is 30.3 Å². The zero-order valence-electron chi connectivity index (χ0n) is 26.3. The summed E-state index contributed by atoms with van der Waals surface area (Å²) in [6.07, 6.45) is 6.38. The van der Waals surface area contributed by atoms with Crippen molar-refractivity contribution in [3.8, 4) is 11.8 Å². The van der Waals surface area contributed by atoms with Gasteiger partial charge in [-0.2, -0.15) is 9.97 Å². The van der Waals surface area contributed by atoms with Gasteiger partial charge < -0.3 is 29.1 Å². The number of benzene rings is 2. The van der Waals surface area contributed by atoms with Crippen LogP contribution < -0.4 is 19.3 Å². The number of amides is 1.